The third-order valence-electron chi connectivity index (χ3n) is 13.7. The number of ketones is 1. The standard InChI is InChI=1S/C60H35N5O7/c66-56-50-27-36(61-33-71-52-29-48-40(38-15-7-9-17-44(38)52)23-25-46-54(48)59(69)64(57(46)67)31-34-11-3-1-4-12-34)19-21-42(50)43-22-20-37(28-51(43)56)62-63-72-53-30-49-41(39-16-8-10-18-45(39)53)24-26-47-55(49)60(70)65(58(47)68)32-35-13-5-2-6-14-35/h1-30,33H,31-32H2. The highest BCUT2D eigenvalue weighted by molar-refractivity contribution is 6.30. The molecule has 4 amide bonds. The van der Waals surface area contributed by atoms with Gasteiger partial charge >= 0.3 is 0 Å². The number of benzene rings is 10. The van der Waals surface area contributed by atoms with E-state index in [2.05, 4.69) is 15.4 Å². The van der Waals surface area contributed by atoms with Crippen molar-refractivity contribution in [2.24, 2.45) is 15.4 Å². The van der Waals surface area contributed by atoms with Crippen LogP contribution in [0.3, 0.4) is 0 Å². The molecule has 0 spiro atoms. The van der Waals surface area contributed by atoms with Crippen LogP contribution in [-0.2, 0) is 13.1 Å². The van der Waals surface area contributed by atoms with Crippen LogP contribution in [0.1, 0.15) is 68.5 Å². The van der Waals surface area contributed by atoms with E-state index in [1.54, 1.807) is 48.5 Å². The third-order valence-corrected chi connectivity index (χ3v) is 13.7. The second-order valence-electron chi connectivity index (χ2n) is 17.8. The second-order valence-corrected chi connectivity index (χ2v) is 17.8. The van der Waals surface area contributed by atoms with Gasteiger partial charge in [-0.1, -0.05) is 133 Å². The molecule has 1 aliphatic carbocycles. The zero-order chi connectivity index (χ0) is 48.6. The van der Waals surface area contributed by atoms with E-state index in [9.17, 15) is 24.0 Å². The van der Waals surface area contributed by atoms with Crippen LogP contribution in [0.15, 0.2) is 197 Å². The number of ether oxygens (including phenoxy) is 1. The number of hydrogen-bond donors (Lipinski definition) is 0. The number of amides is 4. The fourth-order valence-electron chi connectivity index (χ4n) is 10.3. The number of nitrogens with zero attached hydrogens (tertiary/aromatic N) is 5. The molecule has 0 aromatic heterocycles. The molecule has 0 unspecified atom stereocenters. The highest BCUT2D eigenvalue weighted by Gasteiger charge is 2.39. The Hall–Kier alpha value is -9.94. The number of imide groups is 2. The maximum absolute atomic E-state index is 14.0. The Morgan fingerprint density at radius 3 is 1.39 bits per heavy atom. The number of aliphatic imine (C=N–C) groups is 1. The van der Waals surface area contributed by atoms with Crippen molar-refractivity contribution in [3.8, 4) is 22.6 Å². The summed E-state index contributed by atoms with van der Waals surface area (Å²) in [6.07, 6.45) is 1.31. The van der Waals surface area contributed by atoms with Gasteiger partial charge in [-0.25, -0.2) is 4.99 Å². The summed E-state index contributed by atoms with van der Waals surface area (Å²) in [4.78, 5) is 82.0. The minimum Gasteiger partial charge on any atom is -0.445 e. The van der Waals surface area contributed by atoms with Crippen molar-refractivity contribution < 1.29 is 33.5 Å². The maximum Gasteiger partial charge on any atom is 0.262 e. The fraction of sp³-hybridized carbons (Fsp3) is 0.0333. The van der Waals surface area contributed by atoms with Crippen molar-refractivity contribution in [2.45, 2.75) is 13.1 Å². The Balaban J connectivity index is 0.748. The van der Waals surface area contributed by atoms with Crippen LogP contribution in [0.5, 0.6) is 11.5 Å². The number of carbonyl (C=O) groups is 5. The molecule has 0 saturated heterocycles. The summed E-state index contributed by atoms with van der Waals surface area (Å²) in [5, 5.41) is 14.4. The van der Waals surface area contributed by atoms with Crippen LogP contribution in [0.2, 0.25) is 0 Å². The molecule has 342 valence electrons. The summed E-state index contributed by atoms with van der Waals surface area (Å²) in [6, 6.07) is 55.3. The van der Waals surface area contributed by atoms with Crippen LogP contribution < -0.4 is 9.57 Å². The highest BCUT2D eigenvalue weighted by atomic mass is 16.6. The van der Waals surface area contributed by atoms with E-state index in [1.807, 2.05) is 133 Å². The van der Waals surface area contributed by atoms with Gasteiger partial charge < -0.3 is 9.57 Å². The minimum absolute atomic E-state index is 0.151. The van der Waals surface area contributed by atoms with E-state index in [4.69, 9.17) is 9.57 Å². The Kier molecular flexibility index (Phi) is 9.75. The predicted molar refractivity (Wildman–Crippen MR) is 273 cm³/mol. The van der Waals surface area contributed by atoms with Crippen LogP contribution in [0.4, 0.5) is 11.4 Å². The molecular weight excluding hydrogens is 903 g/mol. The first-order valence-electron chi connectivity index (χ1n) is 23.2. The molecule has 10 aromatic carbocycles. The Morgan fingerprint density at radius 2 is 0.833 bits per heavy atom. The molecule has 72 heavy (non-hydrogen) atoms. The van der Waals surface area contributed by atoms with Crippen molar-refractivity contribution in [3.63, 3.8) is 0 Å². The molecule has 2 aliphatic heterocycles. The molecule has 0 fully saturated rings. The molecule has 12 heteroatoms. The summed E-state index contributed by atoms with van der Waals surface area (Å²) in [5.41, 5.74) is 6.26. The highest BCUT2D eigenvalue weighted by Crippen LogP contribution is 2.43. The average Bonchev–Trinajstić information content (AvgIpc) is 3.94. The van der Waals surface area contributed by atoms with Crippen LogP contribution in [0, 0.1) is 0 Å². The molecular formula is C60H35N5O7. The summed E-state index contributed by atoms with van der Waals surface area (Å²) >= 11 is 0. The van der Waals surface area contributed by atoms with Gasteiger partial charge in [0.25, 0.3) is 23.6 Å². The van der Waals surface area contributed by atoms with Crippen molar-refractivity contribution >= 4 is 90.3 Å². The van der Waals surface area contributed by atoms with Gasteiger partial charge in [0.05, 0.1) is 46.7 Å². The van der Waals surface area contributed by atoms with Gasteiger partial charge in [-0.15, -0.1) is 5.11 Å². The topological polar surface area (TPSA) is 147 Å². The van der Waals surface area contributed by atoms with Gasteiger partial charge in [-0.05, 0) is 103 Å². The first-order valence-corrected chi connectivity index (χ1v) is 23.2. The molecule has 10 aromatic rings. The predicted octanol–water partition coefficient (Wildman–Crippen LogP) is 12.9. The molecule has 0 bridgehead atoms. The lowest BCUT2D eigenvalue weighted by Gasteiger charge is -2.14. The number of fused-ring (bicyclic) bond motifs is 13. The normalized spacial score (nSPS) is 13.9. The lowest BCUT2D eigenvalue weighted by atomic mass is 9.95. The third kappa shape index (κ3) is 6.76. The second kappa shape index (κ2) is 16.6. The van der Waals surface area contributed by atoms with Crippen LogP contribution >= 0.6 is 0 Å². The summed E-state index contributed by atoms with van der Waals surface area (Å²) in [7, 11) is 0. The van der Waals surface area contributed by atoms with Gasteiger partial charge in [0, 0.05) is 27.2 Å². The molecule has 12 nitrogen and oxygen atoms in total. The smallest absolute Gasteiger partial charge is 0.262 e. The number of hydrogen-bond acceptors (Lipinski definition) is 10. The van der Waals surface area contributed by atoms with Crippen LogP contribution in [0.25, 0.3) is 54.2 Å². The molecule has 3 aliphatic rings. The Labute approximate surface area is 409 Å². The lowest BCUT2D eigenvalue weighted by Crippen LogP contribution is -2.29. The van der Waals surface area contributed by atoms with E-state index in [-0.39, 0.29) is 42.5 Å². The van der Waals surface area contributed by atoms with E-state index >= 15 is 0 Å². The van der Waals surface area contributed by atoms with E-state index in [1.165, 1.54) is 16.2 Å². The zero-order valence-electron chi connectivity index (χ0n) is 37.9. The molecule has 0 radical (unpaired) electrons. The maximum atomic E-state index is 14.0. The Bertz CT molecular complexity index is 3850. The van der Waals surface area contributed by atoms with Crippen molar-refractivity contribution in [2.75, 3.05) is 0 Å². The first kappa shape index (κ1) is 42.2. The van der Waals surface area contributed by atoms with Gasteiger partial charge in [-0.2, -0.15) is 0 Å². The van der Waals surface area contributed by atoms with E-state index in [0.717, 1.165) is 54.6 Å². The lowest BCUT2D eigenvalue weighted by molar-refractivity contribution is 0.0628. The molecule has 13 rings (SSSR count). The molecule has 0 N–H and O–H groups in total. The number of carbonyl (C=O) groups excluding carboxylic acids is 5. The van der Waals surface area contributed by atoms with Gasteiger partial charge in [0.2, 0.25) is 0 Å². The first-order chi connectivity index (χ1) is 35.3. The van der Waals surface area contributed by atoms with Gasteiger partial charge in [-0.3, -0.25) is 33.8 Å². The van der Waals surface area contributed by atoms with Crippen molar-refractivity contribution in [3.05, 3.63) is 226 Å². The molecule has 0 saturated carbocycles. The van der Waals surface area contributed by atoms with Crippen molar-refractivity contribution in [1.82, 2.24) is 9.80 Å². The number of rotatable bonds is 10. The minimum atomic E-state index is -0.382. The van der Waals surface area contributed by atoms with Gasteiger partial charge in [0.1, 0.15) is 5.75 Å². The van der Waals surface area contributed by atoms with Gasteiger partial charge in [0.15, 0.2) is 17.9 Å². The average molecular weight is 938 g/mol. The van der Waals surface area contributed by atoms with E-state index in [0.29, 0.717) is 67.0 Å². The molecule has 0 atom stereocenters. The quantitative estimate of drug-likeness (QED) is 0.0331. The summed E-state index contributed by atoms with van der Waals surface area (Å²) in [6.45, 7) is 0.311. The monoisotopic (exact) mass is 937 g/mol. The molecule has 2 heterocycles. The van der Waals surface area contributed by atoms with E-state index < -0.39 is 0 Å². The van der Waals surface area contributed by atoms with Crippen LogP contribution in [-0.4, -0.2) is 45.6 Å². The summed E-state index contributed by atoms with van der Waals surface area (Å²) < 4.78 is 6.21. The largest absolute Gasteiger partial charge is 0.445 e. The fourth-order valence-corrected chi connectivity index (χ4v) is 10.3. The summed E-state index contributed by atoms with van der Waals surface area (Å²) in [5.74, 6) is -0.869. The SMILES string of the molecule is O=C1c2cc(N=COc3cc4c5c(ccc4c4ccccc34)C(=O)N(Cc3ccccc3)C5=O)ccc2-c2ccc(N=NOc3cc4c5c(ccc4c4ccccc34)C(=O)N(Cc3ccccc3)C5=O)cc21. The Morgan fingerprint density at radius 1 is 0.389 bits per heavy atom. The zero-order valence-corrected chi connectivity index (χ0v) is 37.9. The van der Waals surface area contributed by atoms with Crippen molar-refractivity contribution in [1.29, 1.82) is 0 Å².